The molecule has 1 aromatic rings. The lowest BCUT2D eigenvalue weighted by atomic mass is 10.3. The molecular weight excluding hydrogens is 235 g/mol. The Morgan fingerprint density at radius 2 is 1.93 bits per heavy atom. The zero-order chi connectivity index (χ0) is 11.8. The van der Waals surface area contributed by atoms with E-state index >= 15 is 0 Å². The van der Waals surface area contributed by atoms with Crippen LogP contribution in [0.4, 0.5) is 18.9 Å². The van der Waals surface area contributed by atoms with Gasteiger partial charge >= 0.3 is 0 Å². The van der Waals surface area contributed by atoms with Gasteiger partial charge in [-0.2, -0.15) is 4.39 Å². The Hall–Kier alpha value is -1.35. The number of anilines is 1. The maximum Gasteiger partial charge on any atom is 0.280 e. The third kappa shape index (κ3) is 2.36. The van der Waals surface area contributed by atoms with Gasteiger partial charge < -0.3 is 5.73 Å². The van der Waals surface area contributed by atoms with Gasteiger partial charge in [0.15, 0.2) is 4.90 Å². The van der Waals surface area contributed by atoms with Gasteiger partial charge in [-0.3, -0.25) is 0 Å². The van der Waals surface area contributed by atoms with Crippen LogP contribution < -0.4 is 10.9 Å². The average molecular weight is 241 g/mol. The van der Waals surface area contributed by atoms with Crippen LogP contribution in [0.3, 0.4) is 0 Å². The zero-order valence-electron chi connectivity index (χ0n) is 7.12. The van der Waals surface area contributed by atoms with Crippen molar-refractivity contribution in [2.75, 3.05) is 5.73 Å². The van der Waals surface area contributed by atoms with Gasteiger partial charge in [0, 0.05) is 0 Å². The van der Waals surface area contributed by atoms with Gasteiger partial charge in [0.25, 0.3) is 6.43 Å². The highest BCUT2D eigenvalue weighted by Gasteiger charge is 2.23. The molecule has 0 saturated carbocycles. The third-order valence-electron chi connectivity index (χ3n) is 1.49. The quantitative estimate of drug-likeness (QED) is 0.731. The molecule has 0 radical (unpaired) electrons. The first kappa shape index (κ1) is 11.7. The summed E-state index contributed by atoms with van der Waals surface area (Å²) in [5.74, 6) is -1.63. The second-order valence-electron chi connectivity index (χ2n) is 2.60. The summed E-state index contributed by atoms with van der Waals surface area (Å²) < 4.78 is 58.7. The monoisotopic (exact) mass is 241 g/mol. The lowest BCUT2D eigenvalue weighted by Gasteiger charge is -2.06. The van der Waals surface area contributed by atoms with E-state index in [1.165, 1.54) is 0 Å². The summed E-state index contributed by atoms with van der Waals surface area (Å²) in [5.41, 5.74) is 3.43. The van der Waals surface area contributed by atoms with E-state index in [1.54, 1.807) is 0 Å². The van der Waals surface area contributed by atoms with Crippen LogP contribution >= 0.6 is 0 Å². The van der Waals surface area contributed by atoms with E-state index in [9.17, 15) is 21.6 Å². The van der Waals surface area contributed by atoms with E-state index in [0.717, 1.165) is 0 Å². The normalized spacial score (nSPS) is 12.1. The Morgan fingerprint density at radius 1 is 1.40 bits per heavy atom. The Labute approximate surface area is 83.0 Å². The van der Waals surface area contributed by atoms with Crippen molar-refractivity contribution in [1.82, 2.24) is 4.98 Å². The zero-order valence-corrected chi connectivity index (χ0v) is 7.93. The van der Waals surface area contributed by atoms with Crippen LogP contribution in [0, 0.1) is 5.95 Å². The van der Waals surface area contributed by atoms with Crippen molar-refractivity contribution in [3.8, 4) is 0 Å². The first-order valence-electron chi connectivity index (χ1n) is 3.50. The Balaban J connectivity index is 3.48. The first-order chi connectivity index (χ1) is 6.73. The van der Waals surface area contributed by atoms with Gasteiger partial charge in [0.2, 0.25) is 16.0 Å². The van der Waals surface area contributed by atoms with E-state index in [0.29, 0.717) is 6.07 Å². The molecule has 84 valence electrons. The largest absolute Gasteiger partial charge is 0.397 e. The number of primary sulfonamides is 1. The fourth-order valence-electron chi connectivity index (χ4n) is 0.934. The highest BCUT2D eigenvalue weighted by Crippen LogP contribution is 2.25. The standard InChI is InChI=1S/C6H6F3N3O2S/c7-5(8)3-1-2(10)4(6(9)12-3)15(11,13)14/h1,5H,(H2,10,12)(H2,11,13,14). The van der Waals surface area contributed by atoms with Crippen LogP contribution in [0.2, 0.25) is 0 Å². The van der Waals surface area contributed by atoms with E-state index < -0.39 is 38.7 Å². The minimum Gasteiger partial charge on any atom is -0.397 e. The van der Waals surface area contributed by atoms with Crippen molar-refractivity contribution in [1.29, 1.82) is 0 Å². The number of sulfonamides is 1. The number of alkyl halides is 2. The fourth-order valence-corrected chi connectivity index (χ4v) is 1.60. The van der Waals surface area contributed by atoms with Crippen LogP contribution in [0.25, 0.3) is 0 Å². The summed E-state index contributed by atoms with van der Waals surface area (Å²) in [5, 5.41) is 4.61. The number of nitrogens with zero attached hydrogens (tertiary/aromatic N) is 1. The molecule has 0 aliphatic heterocycles. The highest BCUT2D eigenvalue weighted by atomic mass is 32.2. The van der Waals surface area contributed by atoms with Gasteiger partial charge in [-0.1, -0.05) is 0 Å². The Kier molecular flexibility index (Phi) is 2.86. The summed E-state index contributed by atoms with van der Waals surface area (Å²) in [4.78, 5) is 1.67. The topological polar surface area (TPSA) is 99.1 Å². The molecule has 1 heterocycles. The molecule has 0 spiro atoms. The smallest absolute Gasteiger partial charge is 0.280 e. The lowest BCUT2D eigenvalue weighted by molar-refractivity contribution is 0.144. The number of nitrogen functional groups attached to an aromatic ring is 1. The SMILES string of the molecule is Nc1cc(C(F)F)nc(F)c1S(N)(=O)=O. The van der Waals surface area contributed by atoms with Gasteiger partial charge in [0.05, 0.1) is 5.69 Å². The van der Waals surface area contributed by atoms with Crippen molar-refractivity contribution in [3.05, 3.63) is 17.7 Å². The van der Waals surface area contributed by atoms with E-state index in [-0.39, 0.29) is 0 Å². The number of pyridine rings is 1. The lowest BCUT2D eigenvalue weighted by Crippen LogP contribution is -2.18. The molecule has 9 heteroatoms. The molecule has 0 fully saturated rings. The summed E-state index contributed by atoms with van der Waals surface area (Å²) in [7, 11) is -4.41. The Morgan fingerprint density at radius 3 is 2.27 bits per heavy atom. The van der Waals surface area contributed by atoms with Crippen molar-refractivity contribution in [2.45, 2.75) is 11.3 Å². The number of nitrogens with two attached hydrogens (primary N) is 2. The molecule has 15 heavy (non-hydrogen) atoms. The molecule has 0 amide bonds. The number of aromatic nitrogens is 1. The highest BCUT2D eigenvalue weighted by molar-refractivity contribution is 7.89. The molecule has 5 nitrogen and oxygen atoms in total. The Bertz CT molecular complexity index is 465. The van der Waals surface area contributed by atoms with Crippen LogP contribution in [0.5, 0.6) is 0 Å². The second kappa shape index (κ2) is 3.66. The molecular formula is C6H6F3N3O2S. The predicted octanol–water partition coefficient (Wildman–Crippen LogP) is 0.388. The van der Waals surface area contributed by atoms with Gasteiger partial charge in [-0.05, 0) is 6.07 Å². The number of hydrogen-bond acceptors (Lipinski definition) is 4. The van der Waals surface area contributed by atoms with E-state index in [4.69, 9.17) is 5.73 Å². The minimum absolute atomic E-state index is 0.563. The number of rotatable bonds is 2. The second-order valence-corrected chi connectivity index (χ2v) is 4.10. The summed E-state index contributed by atoms with van der Waals surface area (Å²) in [6.45, 7) is 0. The average Bonchev–Trinajstić information content (AvgIpc) is 1.99. The fraction of sp³-hybridized carbons (Fsp3) is 0.167. The van der Waals surface area contributed by atoms with Crippen LogP contribution in [-0.2, 0) is 10.0 Å². The predicted molar refractivity (Wildman–Crippen MR) is 44.9 cm³/mol. The summed E-state index contributed by atoms with van der Waals surface area (Å²) >= 11 is 0. The van der Waals surface area contributed by atoms with Gasteiger partial charge in [-0.15, -0.1) is 0 Å². The molecule has 4 N–H and O–H groups in total. The molecule has 0 aliphatic carbocycles. The van der Waals surface area contributed by atoms with Gasteiger partial charge in [0.1, 0.15) is 5.69 Å². The van der Waals surface area contributed by atoms with Gasteiger partial charge in [-0.25, -0.2) is 27.3 Å². The van der Waals surface area contributed by atoms with Crippen molar-refractivity contribution < 1.29 is 21.6 Å². The summed E-state index contributed by atoms with van der Waals surface area (Å²) in [6, 6.07) is 0.563. The molecule has 0 atom stereocenters. The maximum absolute atomic E-state index is 13.0. The minimum atomic E-state index is -4.41. The van der Waals surface area contributed by atoms with E-state index in [1.807, 2.05) is 0 Å². The maximum atomic E-state index is 13.0. The molecule has 0 aliphatic rings. The van der Waals surface area contributed by atoms with Crippen molar-refractivity contribution in [3.63, 3.8) is 0 Å². The first-order valence-corrected chi connectivity index (χ1v) is 5.05. The molecule has 1 aromatic heterocycles. The van der Waals surface area contributed by atoms with Crippen LogP contribution in [0.15, 0.2) is 11.0 Å². The third-order valence-corrected chi connectivity index (χ3v) is 2.46. The van der Waals surface area contributed by atoms with Crippen molar-refractivity contribution >= 4 is 15.7 Å². The molecule has 1 rings (SSSR count). The summed E-state index contributed by atoms with van der Waals surface area (Å²) in [6.07, 6.45) is -3.05. The molecule has 0 bridgehead atoms. The van der Waals surface area contributed by atoms with Crippen LogP contribution in [0.1, 0.15) is 12.1 Å². The number of hydrogen-bond donors (Lipinski definition) is 2. The molecule has 0 saturated heterocycles. The van der Waals surface area contributed by atoms with Crippen LogP contribution in [-0.4, -0.2) is 13.4 Å². The number of halogens is 3. The molecule has 0 aromatic carbocycles. The molecule has 0 unspecified atom stereocenters. The van der Waals surface area contributed by atoms with E-state index in [2.05, 4.69) is 10.1 Å². The van der Waals surface area contributed by atoms with Crippen molar-refractivity contribution in [2.24, 2.45) is 5.14 Å².